The Balaban J connectivity index is 1.29. The van der Waals surface area contributed by atoms with Crippen LogP contribution in [0.25, 0.3) is 5.65 Å². The number of nitrogens with one attached hydrogen (secondary N) is 1. The largest absolute Gasteiger partial charge is 0.366 e. The van der Waals surface area contributed by atoms with Crippen molar-refractivity contribution in [3.05, 3.63) is 88.4 Å². The molecule has 8 nitrogen and oxygen atoms in total. The predicted molar refractivity (Wildman–Crippen MR) is 128 cm³/mol. The van der Waals surface area contributed by atoms with Crippen LogP contribution in [0.4, 0.5) is 5.82 Å². The van der Waals surface area contributed by atoms with Crippen molar-refractivity contribution in [3.8, 4) is 0 Å². The summed E-state index contributed by atoms with van der Waals surface area (Å²) in [4.78, 5) is 27.0. The molecule has 0 radical (unpaired) electrons. The number of pyridine rings is 1. The van der Waals surface area contributed by atoms with Crippen LogP contribution in [0.15, 0.2) is 71.6 Å². The number of carbonyl (C=O) groups excluding carboxylic acids is 1. The van der Waals surface area contributed by atoms with E-state index >= 15 is 0 Å². The fourth-order valence-corrected chi connectivity index (χ4v) is 4.32. The number of benzene rings is 1. The lowest BCUT2D eigenvalue weighted by Gasteiger charge is -2.30. The summed E-state index contributed by atoms with van der Waals surface area (Å²) in [6.45, 7) is 1.96. The van der Waals surface area contributed by atoms with E-state index in [4.69, 9.17) is 9.82 Å². The van der Waals surface area contributed by atoms with E-state index in [1.807, 2.05) is 36.5 Å². The van der Waals surface area contributed by atoms with Gasteiger partial charge in [0, 0.05) is 49.7 Å². The highest BCUT2D eigenvalue weighted by atomic mass is 79.9. The fourth-order valence-electron chi connectivity index (χ4n) is 3.97. The van der Waals surface area contributed by atoms with Crippen molar-refractivity contribution in [2.45, 2.75) is 25.3 Å². The molecule has 33 heavy (non-hydrogen) atoms. The van der Waals surface area contributed by atoms with Gasteiger partial charge in [-0.15, -0.1) is 5.06 Å². The molecule has 1 fully saturated rings. The van der Waals surface area contributed by atoms with Crippen LogP contribution in [0, 0.1) is 0 Å². The summed E-state index contributed by atoms with van der Waals surface area (Å²) in [5, 5.41) is 9.67. The number of anilines is 1. The Morgan fingerprint density at radius 2 is 1.94 bits per heavy atom. The number of hydrogen-bond donors (Lipinski definition) is 1. The minimum atomic E-state index is -0.321. The zero-order valence-electron chi connectivity index (χ0n) is 17.9. The number of halogens is 1. The number of fused-ring (bicyclic) bond motifs is 1. The molecule has 0 saturated carbocycles. The average Bonchev–Trinajstić information content (AvgIpc) is 3.25. The molecule has 0 spiro atoms. The number of hydrogen-bond acceptors (Lipinski definition) is 7. The predicted octanol–water partition coefficient (Wildman–Crippen LogP) is 4.45. The minimum Gasteiger partial charge on any atom is -0.366 e. The number of rotatable bonds is 6. The molecule has 9 heteroatoms. The monoisotopic (exact) mass is 506 g/mol. The highest BCUT2D eigenvalue weighted by Crippen LogP contribution is 2.31. The van der Waals surface area contributed by atoms with Crippen LogP contribution in [-0.4, -0.2) is 43.7 Å². The van der Waals surface area contributed by atoms with Gasteiger partial charge in [-0.05, 0) is 52.5 Å². The Hall–Kier alpha value is -3.30. The highest BCUT2D eigenvalue weighted by molar-refractivity contribution is 9.10. The van der Waals surface area contributed by atoms with Gasteiger partial charge in [0.2, 0.25) is 0 Å². The summed E-state index contributed by atoms with van der Waals surface area (Å²) in [6.07, 6.45) is 7.06. The van der Waals surface area contributed by atoms with Gasteiger partial charge >= 0.3 is 5.97 Å². The summed E-state index contributed by atoms with van der Waals surface area (Å²) in [7, 11) is 0. The van der Waals surface area contributed by atoms with E-state index in [-0.39, 0.29) is 11.9 Å². The molecule has 1 saturated heterocycles. The molecule has 0 aliphatic carbocycles. The van der Waals surface area contributed by atoms with Crippen molar-refractivity contribution in [2.75, 3.05) is 18.4 Å². The van der Waals surface area contributed by atoms with E-state index < -0.39 is 0 Å². The van der Waals surface area contributed by atoms with E-state index in [0.29, 0.717) is 25.2 Å². The van der Waals surface area contributed by atoms with E-state index in [2.05, 4.69) is 37.4 Å². The van der Waals surface area contributed by atoms with E-state index in [9.17, 15) is 4.79 Å². The number of carbonyl (C=O) groups is 1. The topological polar surface area (TPSA) is 84.7 Å². The number of piperidine rings is 1. The second kappa shape index (κ2) is 9.68. The van der Waals surface area contributed by atoms with Gasteiger partial charge in [0.05, 0.1) is 16.2 Å². The maximum Gasteiger partial charge on any atom is 0.357 e. The van der Waals surface area contributed by atoms with E-state index in [1.54, 1.807) is 34.1 Å². The molecular weight excluding hydrogens is 484 g/mol. The van der Waals surface area contributed by atoms with Gasteiger partial charge in [-0.2, -0.15) is 9.61 Å². The lowest BCUT2D eigenvalue weighted by atomic mass is 9.94. The highest BCUT2D eigenvalue weighted by Gasteiger charge is 2.26. The van der Waals surface area contributed by atoms with Crippen molar-refractivity contribution in [3.63, 3.8) is 0 Å². The second-order valence-electron chi connectivity index (χ2n) is 7.96. The fraction of sp³-hybridized carbons (Fsp3) is 0.250. The van der Waals surface area contributed by atoms with Gasteiger partial charge in [-0.25, -0.2) is 9.78 Å². The molecule has 1 aromatic carbocycles. The first-order valence-electron chi connectivity index (χ1n) is 10.9. The van der Waals surface area contributed by atoms with Crippen molar-refractivity contribution in [2.24, 2.45) is 0 Å². The van der Waals surface area contributed by atoms with Crippen LogP contribution in [0.3, 0.4) is 0 Å². The standard InChI is InChI=1S/C24H23BrN6O2/c25-20-16-28-31-22(27-15-17-5-4-10-26-14-17)13-21(29-23(20)31)18-8-11-30(12-9-18)33-24(32)19-6-2-1-3-7-19/h1-7,10,13-14,16,18,27H,8-9,11-12,15H2. The normalized spacial score (nSPS) is 14.9. The SMILES string of the molecule is O=C(ON1CCC(c2cc(NCc3cccnc3)n3ncc(Br)c3n2)CC1)c1ccccc1. The zero-order valence-corrected chi connectivity index (χ0v) is 19.5. The molecule has 5 rings (SSSR count). The smallest absolute Gasteiger partial charge is 0.357 e. The number of aromatic nitrogens is 4. The Kier molecular flexibility index (Phi) is 6.32. The Morgan fingerprint density at radius 1 is 1.12 bits per heavy atom. The number of nitrogens with zero attached hydrogens (tertiary/aromatic N) is 5. The van der Waals surface area contributed by atoms with Crippen molar-refractivity contribution in [1.29, 1.82) is 0 Å². The molecule has 4 aromatic rings. The average molecular weight is 507 g/mol. The second-order valence-corrected chi connectivity index (χ2v) is 8.81. The molecular formula is C24H23BrN6O2. The first-order chi connectivity index (χ1) is 16.2. The van der Waals surface area contributed by atoms with Crippen molar-refractivity contribution < 1.29 is 9.63 Å². The lowest BCUT2D eigenvalue weighted by molar-refractivity contribution is -0.122. The third-order valence-electron chi connectivity index (χ3n) is 5.74. The van der Waals surface area contributed by atoms with Crippen molar-refractivity contribution >= 4 is 33.4 Å². The van der Waals surface area contributed by atoms with Crippen LogP contribution in [0.1, 0.15) is 40.4 Å². The Morgan fingerprint density at radius 3 is 2.70 bits per heavy atom. The summed E-state index contributed by atoms with van der Waals surface area (Å²) < 4.78 is 2.66. The van der Waals surface area contributed by atoms with E-state index in [0.717, 1.165) is 40.0 Å². The van der Waals surface area contributed by atoms with E-state index in [1.165, 1.54) is 0 Å². The van der Waals surface area contributed by atoms with Crippen LogP contribution in [0.2, 0.25) is 0 Å². The maximum atomic E-state index is 12.3. The molecule has 0 unspecified atom stereocenters. The Bertz CT molecular complexity index is 1240. The third kappa shape index (κ3) is 4.89. The van der Waals surface area contributed by atoms with Gasteiger partial charge in [0.25, 0.3) is 0 Å². The lowest BCUT2D eigenvalue weighted by Crippen LogP contribution is -2.35. The molecule has 168 valence electrons. The molecule has 3 aromatic heterocycles. The third-order valence-corrected chi connectivity index (χ3v) is 6.30. The maximum absolute atomic E-state index is 12.3. The minimum absolute atomic E-state index is 0.266. The molecule has 1 aliphatic heterocycles. The summed E-state index contributed by atoms with van der Waals surface area (Å²) >= 11 is 3.56. The molecule has 0 bridgehead atoms. The molecule has 1 N–H and O–H groups in total. The summed E-state index contributed by atoms with van der Waals surface area (Å²) in [5.74, 6) is 0.823. The Labute approximate surface area is 199 Å². The summed E-state index contributed by atoms with van der Waals surface area (Å²) in [5.41, 5.74) is 3.43. The van der Waals surface area contributed by atoms with Gasteiger partial charge in [-0.3, -0.25) is 4.98 Å². The zero-order chi connectivity index (χ0) is 22.6. The van der Waals surface area contributed by atoms with Crippen LogP contribution < -0.4 is 5.32 Å². The first-order valence-corrected chi connectivity index (χ1v) is 11.7. The van der Waals surface area contributed by atoms with Gasteiger partial charge < -0.3 is 10.2 Å². The van der Waals surface area contributed by atoms with Gasteiger partial charge in [0.15, 0.2) is 5.65 Å². The van der Waals surface area contributed by atoms with Crippen molar-refractivity contribution in [1.82, 2.24) is 24.6 Å². The molecule has 4 heterocycles. The van der Waals surface area contributed by atoms with Crippen LogP contribution in [0.5, 0.6) is 0 Å². The molecule has 1 aliphatic rings. The summed E-state index contributed by atoms with van der Waals surface area (Å²) in [6, 6.07) is 15.1. The van der Waals surface area contributed by atoms with Gasteiger partial charge in [0.1, 0.15) is 5.82 Å². The molecule has 0 atom stereocenters. The van der Waals surface area contributed by atoms with Gasteiger partial charge in [-0.1, -0.05) is 24.3 Å². The number of hydroxylamine groups is 2. The van der Waals surface area contributed by atoms with Crippen LogP contribution in [-0.2, 0) is 11.4 Å². The first kappa shape index (κ1) is 21.5. The quantitative estimate of drug-likeness (QED) is 0.413. The molecule has 0 amide bonds. The van der Waals surface area contributed by atoms with Crippen LogP contribution >= 0.6 is 15.9 Å².